The normalized spacial score (nSPS) is 12.1. The van der Waals surface area contributed by atoms with Gasteiger partial charge in [0.25, 0.3) is 5.91 Å². The Morgan fingerprint density at radius 2 is 1.88 bits per heavy atom. The first-order chi connectivity index (χ1) is 11.6. The summed E-state index contributed by atoms with van der Waals surface area (Å²) in [5, 5.41) is 5.08. The van der Waals surface area contributed by atoms with Gasteiger partial charge in [-0.25, -0.2) is 4.98 Å². The van der Waals surface area contributed by atoms with Crippen molar-refractivity contribution in [2.75, 3.05) is 0 Å². The predicted octanol–water partition coefficient (Wildman–Crippen LogP) is 5.03. The number of nitrogens with zero attached hydrogens (tertiary/aromatic N) is 1. The van der Waals surface area contributed by atoms with Crippen molar-refractivity contribution in [3.8, 4) is 11.3 Å². The summed E-state index contributed by atoms with van der Waals surface area (Å²) in [6.07, 6.45) is 0.892. The fourth-order valence-electron chi connectivity index (χ4n) is 2.57. The Kier molecular flexibility index (Phi) is 5.14. The van der Waals surface area contributed by atoms with Gasteiger partial charge >= 0.3 is 0 Å². The molecule has 3 rings (SSSR count). The quantitative estimate of drug-likeness (QED) is 0.590. The Labute approximate surface area is 155 Å². The van der Waals surface area contributed by atoms with E-state index in [-0.39, 0.29) is 11.9 Å². The van der Waals surface area contributed by atoms with E-state index in [1.807, 2.05) is 49.4 Å². The molecule has 24 heavy (non-hydrogen) atoms. The highest BCUT2D eigenvalue weighted by molar-refractivity contribution is 14.1. The molecule has 122 valence electrons. The van der Waals surface area contributed by atoms with Crippen LogP contribution in [0.4, 0.5) is 0 Å². The summed E-state index contributed by atoms with van der Waals surface area (Å²) in [6.45, 7) is 4.05. The van der Waals surface area contributed by atoms with Crippen molar-refractivity contribution in [2.45, 2.75) is 26.3 Å². The average Bonchev–Trinajstić information content (AvgIpc) is 2.61. The Hall–Kier alpha value is -1.95. The van der Waals surface area contributed by atoms with E-state index in [9.17, 15) is 4.79 Å². The van der Waals surface area contributed by atoms with Crippen LogP contribution in [0, 0.1) is 3.57 Å². The Bertz CT molecular complexity index is 892. The van der Waals surface area contributed by atoms with Crippen LogP contribution in [0.25, 0.3) is 22.0 Å². The molecular formula is C20H19IN2O. The van der Waals surface area contributed by atoms with Gasteiger partial charge < -0.3 is 5.32 Å². The topological polar surface area (TPSA) is 42.0 Å². The molecule has 0 spiro atoms. The highest BCUT2D eigenvalue weighted by Crippen LogP contribution is 2.30. The van der Waals surface area contributed by atoms with E-state index in [4.69, 9.17) is 4.98 Å². The zero-order valence-electron chi connectivity index (χ0n) is 13.7. The number of nitrogens with one attached hydrogen (secondary N) is 1. The molecule has 3 aromatic rings. The van der Waals surface area contributed by atoms with Gasteiger partial charge in [-0.15, -0.1) is 0 Å². The molecular weight excluding hydrogens is 411 g/mol. The summed E-state index contributed by atoms with van der Waals surface area (Å²) >= 11 is 2.31. The van der Waals surface area contributed by atoms with Crippen LogP contribution in [0.15, 0.2) is 54.6 Å². The molecule has 0 saturated carbocycles. The first kappa shape index (κ1) is 16.9. The molecule has 1 unspecified atom stereocenters. The molecule has 1 amide bonds. The van der Waals surface area contributed by atoms with Crippen LogP contribution in [0.3, 0.4) is 0 Å². The standard InChI is InChI=1S/C20H19IN2O/c1-3-13(2)22-20(24)18-12-14-8-4-5-9-15(14)19(23-18)16-10-6-7-11-17(16)21/h4-13H,3H2,1-2H3,(H,22,24). The summed E-state index contributed by atoms with van der Waals surface area (Å²) < 4.78 is 1.12. The monoisotopic (exact) mass is 430 g/mol. The van der Waals surface area contributed by atoms with Crippen molar-refractivity contribution in [3.63, 3.8) is 0 Å². The van der Waals surface area contributed by atoms with Crippen molar-refractivity contribution in [1.82, 2.24) is 10.3 Å². The van der Waals surface area contributed by atoms with Gasteiger partial charge in [0, 0.05) is 20.6 Å². The lowest BCUT2D eigenvalue weighted by Gasteiger charge is -2.14. The second-order valence-electron chi connectivity index (χ2n) is 5.84. The number of aromatic nitrogens is 1. The maximum atomic E-state index is 12.6. The van der Waals surface area contributed by atoms with Gasteiger partial charge in [-0.3, -0.25) is 4.79 Å². The lowest BCUT2D eigenvalue weighted by Crippen LogP contribution is -2.32. The third kappa shape index (κ3) is 3.43. The van der Waals surface area contributed by atoms with E-state index < -0.39 is 0 Å². The van der Waals surface area contributed by atoms with Gasteiger partial charge in [0.05, 0.1) is 5.69 Å². The minimum Gasteiger partial charge on any atom is -0.348 e. The van der Waals surface area contributed by atoms with Gasteiger partial charge in [-0.2, -0.15) is 0 Å². The van der Waals surface area contributed by atoms with E-state index >= 15 is 0 Å². The van der Waals surface area contributed by atoms with Crippen LogP contribution >= 0.6 is 22.6 Å². The predicted molar refractivity (Wildman–Crippen MR) is 107 cm³/mol. The van der Waals surface area contributed by atoms with Crippen molar-refractivity contribution in [2.24, 2.45) is 0 Å². The van der Waals surface area contributed by atoms with Crippen molar-refractivity contribution in [3.05, 3.63) is 63.9 Å². The summed E-state index contributed by atoms with van der Waals surface area (Å²) in [4.78, 5) is 17.3. The lowest BCUT2D eigenvalue weighted by atomic mass is 10.0. The fourth-order valence-corrected chi connectivity index (χ4v) is 3.22. The lowest BCUT2D eigenvalue weighted by molar-refractivity contribution is 0.0934. The van der Waals surface area contributed by atoms with Crippen LogP contribution in [0.1, 0.15) is 30.8 Å². The van der Waals surface area contributed by atoms with Crippen LogP contribution in [0.5, 0.6) is 0 Å². The van der Waals surface area contributed by atoms with Gasteiger partial charge in [0.1, 0.15) is 5.69 Å². The maximum absolute atomic E-state index is 12.6. The first-order valence-corrected chi connectivity index (χ1v) is 9.13. The maximum Gasteiger partial charge on any atom is 0.270 e. The number of fused-ring (bicyclic) bond motifs is 1. The molecule has 0 aliphatic rings. The summed E-state index contributed by atoms with van der Waals surface area (Å²) in [5.41, 5.74) is 2.36. The largest absolute Gasteiger partial charge is 0.348 e. The highest BCUT2D eigenvalue weighted by Gasteiger charge is 2.15. The van der Waals surface area contributed by atoms with E-state index in [2.05, 4.69) is 47.0 Å². The number of carbonyl (C=O) groups excluding carboxylic acids is 1. The highest BCUT2D eigenvalue weighted by atomic mass is 127. The van der Waals surface area contributed by atoms with E-state index in [1.165, 1.54) is 0 Å². The van der Waals surface area contributed by atoms with Crippen LogP contribution in [-0.4, -0.2) is 16.9 Å². The minimum atomic E-state index is -0.123. The fraction of sp³-hybridized carbons (Fsp3) is 0.200. The van der Waals surface area contributed by atoms with Crippen LogP contribution < -0.4 is 5.32 Å². The number of amides is 1. The smallest absolute Gasteiger partial charge is 0.270 e. The van der Waals surface area contributed by atoms with Crippen molar-refractivity contribution in [1.29, 1.82) is 0 Å². The van der Waals surface area contributed by atoms with Gasteiger partial charge in [0.15, 0.2) is 0 Å². The third-order valence-electron chi connectivity index (χ3n) is 4.09. The van der Waals surface area contributed by atoms with Crippen molar-refractivity contribution < 1.29 is 4.79 Å². The zero-order chi connectivity index (χ0) is 17.1. The van der Waals surface area contributed by atoms with Gasteiger partial charge in [-0.05, 0) is 53.5 Å². The first-order valence-electron chi connectivity index (χ1n) is 8.05. The summed E-state index contributed by atoms with van der Waals surface area (Å²) in [5.74, 6) is -0.123. The number of hydrogen-bond donors (Lipinski definition) is 1. The molecule has 2 aromatic carbocycles. The number of halogens is 1. The van der Waals surface area contributed by atoms with Crippen LogP contribution in [-0.2, 0) is 0 Å². The molecule has 0 fully saturated rings. The number of rotatable bonds is 4. The molecule has 1 N–H and O–H groups in total. The molecule has 3 nitrogen and oxygen atoms in total. The summed E-state index contributed by atoms with van der Waals surface area (Å²) in [7, 11) is 0. The Morgan fingerprint density at radius 3 is 2.62 bits per heavy atom. The molecule has 4 heteroatoms. The minimum absolute atomic E-state index is 0.123. The third-order valence-corrected chi connectivity index (χ3v) is 5.03. The molecule has 0 bridgehead atoms. The Balaban J connectivity index is 2.17. The van der Waals surface area contributed by atoms with Crippen LogP contribution in [0.2, 0.25) is 0 Å². The number of hydrogen-bond acceptors (Lipinski definition) is 2. The molecule has 0 saturated heterocycles. The molecule has 0 aliphatic carbocycles. The molecule has 0 radical (unpaired) electrons. The SMILES string of the molecule is CCC(C)NC(=O)c1cc2ccccc2c(-c2ccccc2I)n1. The number of pyridine rings is 1. The molecule has 1 atom stereocenters. The summed E-state index contributed by atoms with van der Waals surface area (Å²) in [6, 6.07) is 18.2. The zero-order valence-corrected chi connectivity index (χ0v) is 15.9. The van der Waals surface area contributed by atoms with Gasteiger partial charge in [-0.1, -0.05) is 49.4 Å². The van der Waals surface area contributed by atoms with E-state index in [0.29, 0.717) is 5.69 Å². The van der Waals surface area contributed by atoms with Crippen molar-refractivity contribution >= 4 is 39.3 Å². The van der Waals surface area contributed by atoms with Gasteiger partial charge in [0.2, 0.25) is 0 Å². The Morgan fingerprint density at radius 1 is 1.17 bits per heavy atom. The molecule has 1 aromatic heterocycles. The average molecular weight is 430 g/mol. The second-order valence-corrected chi connectivity index (χ2v) is 7.00. The molecule has 0 aliphatic heterocycles. The number of carbonyl (C=O) groups is 1. The number of benzene rings is 2. The second kappa shape index (κ2) is 7.30. The van der Waals surface area contributed by atoms with E-state index in [0.717, 1.165) is 32.0 Å². The van der Waals surface area contributed by atoms with E-state index in [1.54, 1.807) is 0 Å². The molecule has 1 heterocycles.